The first-order chi connectivity index (χ1) is 13.8. The van der Waals surface area contributed by atoms with Gasteiger partial charge in [-0.3, -0.25) is 14.6 Å². The number of aromatic nitrogens is 1. The highest BCUT2D eigenvalue weighted by atomic mass is 32.2. The van der Waals surface area contributed by atoms with Crippen LogP contribution in [0.5, 0.6) is 0 Å². The molecule has 8 nitrogen and oxygen atoms in total. The van der Waals surface area contributed by atoms with Crippen LogP contribution >= 0.6 is 0 Å². The van der Waals surface area contributed by atoms with Gasteiger partial charge in [-0.15, -0.1) is 0 Å². The molecule has 0 aliphatic carbocycles. The third kappa shape index (κ3) is 3.90. The quantitative estimate of drug-likeness (QED) is 0.772. The minimum absolute atomic E-state index is 0.0120. The third-order valence-corrected chi connectivity index (χ3v) is 7.83. The van der Waals surface area contributed by atoms with Crippen LogP contribution in [0.2, 0.25) is 0 Å². The Morgan fingerprint density at radius 2 is 2.07 bits per heavy atom. The second-order valence-corrected chi connectivity index (χ2v) is 10.5. The standard InChI is InChI=1S/C20H28N4O4S/c1-13-5-4-8-21-16(13)10-22-20(26)19-15-9-14(11-23(12-15)29(2,27)28)17-6-3-7-18(25)24(17)19/h4-5,8,14-15,17,19H,3,6-7,9-12H2,1-2H3,(H,22,26)/t14-,15+,17-,19+/m0/s1. The monoisotopic (exact) mass is 420 g/mol. The van der Waals surface area contributed by atoms with Crippen LogP contribution in [0.4, 0.5) is 0 Å². The van der Waals surface area contributed by atoms with E-state index < -0.39 is 16.1 Å². The van der Waals surface area contributed by atoms with Crippen LogP contribution in [-0.4, -0.2) is 65.9 Å². The van der Waals surface area contributed by atoms with Gasteiger partial charge in [0.25, 0.3) is 0 Å². The van der Waals surface area contributed by atoms with Crippen LogP contribution in [0, 0.1) is 18.8 Å². The molecular formula is C20H28N4O4S. The number of rotatable bonds is 4. The average molecular weight is 421 g/mol. The fraction of sp³-hybridized carbons (Fsp3) is 0.650. The lowest BCUT2D eigenvalue weighted by molar-refractivity contribution is -0.158. The largest absolute Gasteiger partial charge is 0.349 e. The number of nitrogens with zero attached hydrogens (tertiary/aromatic N) is 3. The minimum Gasteiger partial charge on any atom is -0.349 e. The molecule has 29 heavy (non-hydrogen) atoms. The van der Waals surface area contributed by atoms with Crippen molar-refractivity contribution in [2.75, 3.05) is 19.3 Å². The van der Waals surface area contributed by atoms with E-state index in [-0.39, 0.29) is 36.2 Å². The molecule has 1 N–H and O–H groups in total. The smallest absolute Gasteiger partial charge is 0.243 e. The Bertz CT molecular complexity index is 919. The van der Waals surface area contributed by atoms with Crippen molar-refractivity contribution in [2.24, 2.45) is 11.8 Å². The highest BCUT2D eigenvalue weighted by Gasteiger charge is 2.52. The van der Waals surface area contributed by atoms with Crippen molar-refractivity contribution in [3.05, 3.63) is 29.6 Å². The number of carbonyl (C=O) groups excluding carboxylic acids is 2. The van der Waals surface area contributed by atoms with Gasteiger partial charge >= 0.3 is 0 Å². The number of amides is 2. The summed E-state index contributed by atoms with van der Waals surface area (Å²) in [5.41, 5.74) is 1.78. The van der Waals surface area contributed by atoms with E-state index in [4.69, 9.17) is 0 Å². The Hall–Kier alpha value is -2.00. The molecule has 1 aromatic rings. The molecule has 3 saturated heterocycles. The van der Waals surface area contributed by atoms with Gasteiger partial charge in [0, 0.05) is 37.7 Å². The SMILES string of the molecule is Cc1cccnc1CNC(=O)[C@H]1[C@@H]2C[C@@H](CN(S(C)(=O)=O)C2)[C@@H]2CCCC(=O)N21. The lowest BCUT2D eigenvalue weighted by atomic mass is 9.72. The number of pyridine rings is 1. The first-order valence-electron chi connectivity index (χ1n) is 10.2. The second kappa shape index (κ2) is 7.68. The van der Waals surface area contributed by atoms with Crippen LogP contribution in [0.25, 0.3) is 0 Å². The summed E-state index contributed by atoms with van der Waals surface area (Å²) in [6.45, 7) is 2.95. The number of piperidine rings is 3. The van der Waals surface area contributed by atoms with Crippen molar-refractivity contribution >= 4 is 21.8 Å². The van der Waals surface area contributed by atoms with Crippen molar-refractivity contribution in [1.29, 1.82) is 0 Å². The molecule has 0 saturated carbocycles. The van der Waals surface area contributed by atoms with Gasteiger partial charge in [-0.25, -0.2) is 12.7 Å². The van der Waals surface area contributed by atoms with Gasteiger partial charge in [0.1, 0.15) is 6.04 Å². The average Bonchev–Trinajstić information content (AvgIpc) is 2.67. The van der Waals surface area contributed by atoms with Crippen molar-refractivity contribution < 1.29 is 18.0 Å². The normalized spacial score (nSPS) is 30.0. The van der Waals surface area contributed by atoms with E-state index in [0.717, 1.165) is 30.5 Å². The summed E-state index contributed by atoms with van der Waals surface area (Å²) in [4.78, 5) is 32.1. The number of sulfonamides is 1. The molecule has 4 rings (SSSR count). The zero-order valence-corrected chi connectivity index (χ0v) is 17.7. The highest BCUT2D eigenvalue weighted by Crippen LogP contribution is 2.42. The minimum atomic E-state index is -3.34. The van der Waals surface area contributed by atoms with Gasteiger partial charge < -0.3 is 10.2 Å². The molecule has 0 unspecified atom stereocenters. The van der Waals surface area contributed by atoms with Crippen LogP contribution in [0.1, 0.15) is 36.9 Å². The van der Waals surface area contributed by atoms with Crippen LogP contribution in [-0.2, 0) is 26.2 Å². The third-order valence-electron chi connectivity index (χ3n) is 6.59. The molecule has 2 amide bonds. The molecule has 0 spiro atoms. The van der Waals surface area contributed by atoms with E-state index in [9.17, 15) is 18.0 Å². The van der Waals surface area contributed by atoms with E-state index >= 15 is 0 Å². The predicted octanol–water partition coefficient (Wildman–Crippen LogP) is 0.667. The van der Waals surface area contributed by atoms with Gasteiger partial charge in [-0.2, -0.15) is 0 Å². The molecule has 3 fully saturated rings. The van der Waals surface area contributed by atoms with Crippen LogP contribution in [0.3, 0.4) is 0 Å². The zero-order chi connectivity index (χ0) is 20.8. The van der Waals surface area contributed by atoms with Gasteiger partial charge in [-0.1, -0.05) is 6.07 Å². The van der Waals surface area contributed by atoms with Gasteiger partial charge in [0.05, 0.1) is 18.5 Å². The Labute approximate surface area is 171 Å². The summed E-state index contributed by atoms with van der Waals surface area (Å²) in [5, 5.41) is 2.96. The molecule has 0 aromatic carbocycles. The van der Waals surface area contributed by atoms with Crippen molar-refractivity contribution in [2.45, 2.75) is 51.2 Å². The van der Waals surface area contributed by atoms with Crippen molar-refractivity contribution in [1.82, 2.24) is 19.5 Å². The number of carbonyl (C=O) groups is 2. The summed E-state index contributed by atoms with van der Waals surface area (Å²) in [6.07, 6.45) is 5.76. The maximum Gasteiger partial charge on any atom is 0.243 e. The number of fused-ring (bicyclic) bond motifs is 4. The van der Waals surface area contributed by atoms with Crippen molar-refractivity contribution in [3.63, 3.8) is 0 Å². The Kier molecular flexibility index (Phi) is 5.37. The number of hydrogen-bond acceptors (Lipinski definition) is 5. The van der Waals surface area contributed by atoms with Crippen LogP contribution < -0.4 is 5.32 Å². The van der Waals surface area contributed by atoms with E-state index in [0.29, 0.717) is 19.5 Å². The molecule has 0 radical (unpaired) electrons. The van der Waals surface area contributed by atoms with E-state index in [1.807, 2.05) is 19.1 Å². The fourth-order valence-electron chi connectivity index (χ4n) is 5.20. The number of nitrogens with one attached hydrogen (secondary N) is 1. The molecule has 158 valence electrons. The van der Waals surface area contributed by atoms with Crippen LogP contribution in [0.15, 0.2) is 18.3 Å². The summed E-state index contributed by atoms with van der Waals surface area (Å²) < 4.78 is 25.9. The molecule has 3 aliphatic heterocycles. The first kappa shape index (κ1) is 20.3. The summed E-state index contributed by atoms with van der Waals surface area (Å²) in [5.74, 6) is -0.298. The predicted molar refractivity (Wildman–Crippen MR) is 107 cm³/mol. The molecular weight excluding hydrogens is 392 g/mol. The zero-order valence-electron chi connectivity index (χ0n) is 16.9. The number of aryl methyl sites for hydroxylation is 1. The fourth-order valence-corrected chi connectivity index (χ4v) is 6.12. The molecule has 4 atom stereocenters. The molecule has 2 bridgehead atoms. The molecule has 1 aromatic heterocycles. The van der Waals surface area contributed by atoms with E-state index in [2.05, 4.69) is 10.3 Å². The molecule has 4 heterocycles. The Morgan fingerprint density at radius 1 is 1.31 bits per heavy atom. The van der Waals surface area contributed by atoms with Gasteiger partial charge in [0.15, 0.2) is 0 Å². The Morgan fingerprint density at radius 3 is 2.79 bits per heavy atom. The Balaban J connectivity index is 1.59. The van der Waals surface area contributed by atoms with Crippen molar-refractivity contribution in [3.8, 4) is 0 Å². The highest BCUT2D eigenvalue weighted by molar-refractivity contribution is 7.88. The maximum absolute atomic E-state index is 13.2. The summed E-state index contributed by atoms with van der Waals surface area (Å²) in [7, 11) is -3.34. The van der Waals surface area contributed by atoms with Gasteiger partial charge in [0.2, 0.25) is 21.8 Å². The lowest BCUT2D eigenvalue weighted by Crippen LogP contribution is -2.68. The van der Waals surface area contributed by atoms with Gasteiger partial charge in [-0.05, 0) is 43.7 Å². The number of hydrogen-bond donors (Lipinski definition) is 1. The second-order valence-electron chi connectivity index (χ2n) is 8.53. The topological polar surface area (TPSA) is 99.7 Å². The molecule has 3 aliphatic rings. The summed E-state index contributed by atoms with van der Waals surface area (Å²) in [6, 6.07) is 3.09. The van der Waals surface area contributed by atoms with E-state index in [1.54, 1.807) is 11.1 Å². The first-order valence-corrected chi connectivity index (χ1v) is 12.0. The maximum atomic E-state index is 13.2. The molecule has 9 heteroatoms. The summed E-state index contributed by atoms with van der Waals surface area (Å²) >= 11 is 0. The van der Waals surface area contributed by atoms with E-state index in [1.165, 1.54) is 10.6 Å². The lowest BCUT2D eigenvalue weighted by Gasteiger charge is -2.55.